The molecular weight excluding hydrogens is 374 g/mol. The van der Waals surface area contributed by atoms with Gasteiger partial charge in [0.25, 0.3) is 11.6 Å². The van der Waals surface area contributed by atoms with Crippen molar-refractivity contribution in [2.45, 2.75) is 50.5 Å². The number of amides is 1. The highest BCUT2D eigenvalue weighted by molar-refractivity contribution is 5.94. The lowest BCUT2D eigenvalue weighted by Gasteiger charge is -2.32. The third-order valence-electron chi connectivity index (χ3n) is 6.14. The van der Waals surface area contributed by atoms with Crippen molar-refractivity contribution in [3.63, 3.8) is 0 Å². The zero-order chi connectivity index (χ0) is 20.5. The molecule has 1 aliphatic carbocycles. The van der Waals surface area contributed by atoms with E-state index < -0.39 is 4.92 Å². The summed E-state index contributed by atoms with van der Waals surface area (Å²) in [6.45, 7) is 1.16. The van der Waals surface area contributed by atoms with Gasteiger partial charge in [-0.2, -0.15) is 5.10 Å². The second kappa shape index (κ2) is 7.81. The van der Waals surface area contributed by atoms with Crippen LogP contribution in [0, 0.1) is 10.1 Å². The quantitative estimate of drug-likeness (QED) is 0.581. The fraction of sp³-hybridized carbons (Fsp3) is 0.550. The van der Waals surface area contributed by atoms with Gasteiger partial charge >= 0.3 is 5.69 Å². The number of aromatic nitrogens is 3. The first-order chi connectivity index (χ1) is 14.0. The first-order valence-corrected chi connectivity index (χ1v) is 10.1. The second-order valence-electron chi connectivity index (χ2n) is 7.94. The number of likely N-dealkylation sites (tertiary alicyclic amines) is 1. The lowest BCUT2D eigenvalue weighted by molar-refractivity contribution is -0.384. The predicted molar refractivity (Wildman–Crippen MR) is 106 cm³/mol. The zero-order valence-corrected chi connectivity index (χ0v) is 16.5. The normalized spacial score (nSPS) is 18.3. The van der Waals surface area contributed by atoms with Crippen molar-refractivity contribution in [2.24, 2.45) is 7.05 Å². The fourth-order valence-electron chi connectivity index (χ4n) is 4.53. The van der Waals surface area contributed by atoms with Crippen LogP contribution >= 0.6 is 0 Å². The Morgan fingerprint density at radius 3 is 2.31 bits per heavy atom. The van der Waals surface area contributed by atoms with Crippen molar-refractivity contribution in [2.75, 3.05) is 13.1 Å². The van der Waals surface area contributed by atoms with Crippen molar-refractivity contribution in [1.29, 1.82) is 0 Å². The summed E-state index contributed by atoms with van der Waals surface area (Å²) in [6.07, 6.45) is 5.84. The number of piperidine rings is 1. The summed E-state index contributed by atoms with van der Waals surface area (Å²) in [5.41, 5.74) is 0.381. The molecule has 2 aromatic rings. The number of hydrogen-bond acceptors (Lipinski definition) is 5. The van der Waals surface area contributed by atoms with Gasteiger partial charge in [-0.15, -0.1) is 0 Å². The zero-order valence-electron chi connectivity index (χ0n) is 16.5. The van der Waals surface area contributed by atoms with E-state index in [4.69, 9.17) is 0 Å². The molecule has 1 amide bonds. The average Bonchev–Trinajstić information content (AvgIpc) is 3.36. The van der Waals surface area contributed by atoms with E-state index in [0.717, 1.165) is 44.3 Å². The molecule has 2 aliphatic rings. The van der Waals surface area contributed by atoms with E-state index >= 15 is 0 Å². The van der Waals surface area contributed by atoms with Crippen LogP contribution in [0.5, 0.6) is 0 Å². The van der Waals surface area contributed by atoms with E-state index in [0.29, 0.717) is 18.7 Å². The molecule has 1 aromatic carbocycles. The van der Waals surface area contributed by atoms with Gasteiger partial charge < -0.3 is 4.90 Å². The Morgan fingerprint density at radius 2 is 1.72 bits per heavy atom. The van der Waals surface area contributed by atoms with Gasteiger partial charge in [-0.25, -0.2) is 9.48 Å². The Morgan fingerprint density at radius 1 is 1.10 bits per heavy atom. The summed E-state index contributed by atoms with van der Waals surface area (Å²) < 4.78 is 3.33. The highest BCUT2D eigenvalue weighted by atomic mass is 16.6. The molecule has 0 N–H and O–H groups in total. The molecule has 0 atom stereocenters. The Kier molecular flexibility index (Phi) is 5.21. The molecule has 4 rings (SSSR count). The number of carbonyl (C=O) groups is 1. The molecule has 1 saturated heterocycles. The minimum absolute atomic E-state index is 0.0275. The van der Waals surface area contributed by atoms with E-state index in [2.05, 4.69) is 5.10 Å². The number of nitrogens with zero attached hydrogens (tertiary/aromatic N) is 5. The predicted octanol–water partition coefficient (Wildman–Crippen LogP) is 2.62. The number of nitro benzene ring substituents is 1. The van der Waals surface area contributed by atoms with Crippen molar-refractivity contribution in [1.82, 2.24) is 19.2 Å². The van der Waals surface area contributed by atoms with Crippen LogP contribution in [0.25, 0.3) is 0 Å². The monoisotopic (exact) mass is 399 g/mol. The van der Waals surface area contributed by atoms with Crippen molar-refractivity contribution in [3.8, 4) is 0 Å². The van der Waals surface area contributed by atoms with Gasteiger partial charge in [-0.1, -0.05) is 12.8 Å². The summed E-state index contributed by atoms with van der Waals surface area (Å²) in [4.78, 5) is 37.4. The third kappa shape index (κ3) is 3.68. The Bertz CT molecular complexity index is 964. The van der Waals surface area contributed by atoms with Gasteiger partial charge in [0, 0.05) is 49.8 Å². The summed E-state index contributed by atoms with van der Waals surface area (Å²) in [5, 5.41) is 15.3. The molecule has 2 fully saturated rings. The SMILES string of the molecule is Cn1nc(C2CCN(C(=O)c3ccc([N+](=O)[O-])cc3)CC2)n(C2CCCC2)c1=O. The lowest BCUT2D eigenvalue weighted by Crippen LogP contribution is -2.38. The van der Waals surface area contributed by atoms with Crippen molar-refractivity contribution >= 4 is 11.6 Å². The maximum Gasteiger partial charge on any atom is 0.345 e. The van der Waals surface area contributed by atoms with Crippen LogP contribution in [0.4, 0.5) is 5.69 Å². The van der Waals surface area contributed by atoms with E-state index in [1.165, 1.54) is 28.9 Å². The summed E-state index contributed by atoms with van der Waals surface area (Å²) >= 11 is 0. The maximum atomic E-state index is 12.7. The molecular formula is C20H25N5O4. The van der Waals surface area contributed by atoms with Crippen LogP contribution in [0.1, 0.15) is 66.7 Å². The lowest BCUT2D eigenvalue weighted by atomic mass is 9.95. The van der Waals surface area contributed by atoms with Crippen LogP contribution in [0.2, 0.25) is 0 Å². The molecule has 1 aliphatic heterocycles. The second-order valence-corrected chi connectivity index (χ2v) is 7.94. The van der Waals surface area contributed by atoms with Gasteiger partial charge in [0.1, 0.15) is 5.82 Å². The molecule has 29 heavy (non-hydrogen) atoms. The summed E-state index contributed by atoms with van der Waals surface area (Å²) in [7, 11) is 1.70. The van der Waals surface area contributed by atoms with Crippen LogP contribution in [0.15, 0.2) is 29.1 Å². The smallest absolute Gasteiger partial charge is 0.339 e. The molecule has 2 heterocycles. The Hall–Kier alpha value is -2.97. The summed E-state index contributed by atoms with van der Waals surface area (Å²) in [6, 6.07) is 5.96. The number of benzene rings is 1. The molecule has 0 spiro atoms. The Labute approximate surface area is 168 Å². The van der Waals surface area contributed by atoms with E-state index in [1.807, 2.05) is 4.57 Å². The van der Waals surface area contributed by atoms with E-state index in [-0.39, 0.29) is 29.2 Å². The fourth-order valence-corrected chi connectivity index (χ4v) is 4.53. The first kappa shape index (κ1) is 19.4. The molecule has 9 heteroatoms. The number of nitro groups is 1. The standard InChI is InChI=1S/C20H25N5O4/c1-22-20(27)24(16-4-2-3-5-16)18(21-22)14-10-12-23(13-11-14)19(26)15-6-8-17(9-7-15)25(28)29/h6-9,14,16H,2-5,10-13H2,1H3. The largest absolute Gasteiger partial charge is 0.345 e. The van der Waals surface area contributed by atoms with Crippen LogP contribution in [-0.4, -0.2) is 43.2 Å². The highest BCUT2D eigenvalue weighted by Crippen LogP contribution is 2.33. The highest BCUT2D eigenvalue weighted by Gasteiger charge is 2.31. The first-order valence-electron chi connectivity index (χ1n) is 10.1. The van der Waals surface area contributed by atoms with Gasteiger partial charge in [0.2, 0.25) is 0 Å². The van der Waals surface area contributed by atoms with E-state index in [9.17, 15) is 19.7 Å². The van der Waals surface area contributed by atoms with Gasteiger partial charge in [0.15, 0.2) is 0 Å². The molecule has 1 aromatic heterocycles. The topological polar surface area (TPSA) is 103 Å². The minimum Gasteiger partial charge on any atom is -0.339 e. The van der Waals surface area contributed by atoms with Gasteiger partial charge in [-0.3, -0.25) is 19.5 Å². The molecule has 0 bridgehead atoms. The maximum absolute atomic E-state index is 12.7. The molecule has 0 unspecified atom stereocenters. The Balaban J connectivity index is 1.46. The average molecular weight is 399 g/mol. The van der Waals surface area contributed by atoms with Crippen molar-refractivity contribution < 1.29 is 9.72 Å². The molecule has 1 saturated carbocycles. The number of aryl methyl sites for hydroxylation is 1. The van der Waals surface area contributed by atoms with E-state index in [1.54, 1.807) is 11.9 Å². The van der Waals surface area contributed by atoms with Gasteiger partial charge in [-0.05, 0) is 37.8 Å². The number of rotatable bonds is 4. The van der Waals surface area contributed by atoms with Gasteiger partial charge in [0.05, 0.1) is 4.92 Å². The third-order valence-corrected chi connectivity index (χ3v) is 6.14. The number of carbonyl (C=O) groups excluding carboxylic acids is 1. The molecule has 0 radical (unpaired) electrons. The summed E-state index contributed by atoms with van der Waals surface area (Å²) in [5.74, 6) is 0.893. The van der Waals surface area contributed by atoms with Crippen LogP contribution in [-0.2, 0) is 7.05 Å². The van der Waals surface area contributed by atoms with Crippen molar-refractivity contribution in [3.05, 3.63) is 56.3 Å². The minimum atomic E-state index is -0.476. The van der Waals surface area contributed by atoms with Crippen LogP contribution < -0.4 is 5.69 Å². The molecule has 154 valence electrons. The molecule has 9 nitrogen and oxygen atoms in total. The number of hydrogen-bond donors (Lipinski definition) is 0. The number of non-ortho nitro benzene ring substituents is 1. The van der Waals surface area contributed by atoms with Crippen LogP contribution in [0.3, 0.4) is 0 Å².